The average Bonchev–Trinajstić information content (AvgIpc) is 2.93. The van der Waals surface area contributed by atoms with Gasteiger partial charge in [0.2, 0.25) is 11.8 Å². The number of anilines is 2. The van der Waals surface area contributed by atoms with E-state index < -0.39 is 0 Å². The molecule has 0 bridgehead atoms. The van der Waals surface area contributed by atoms with Gasteiger partial charge in [0, 0.05) is 11.4 Å². The van der Waals surface area contributed by atoms with Gasteiger partial charge in [0.1, 0.15) is 0 Å². The van der Waals surface area contributed by atoms with Crippen LogP contribution in [0.1, 0.15) is 60.8 Å². The maximum absolute atomic E-state index is 13.0. The second-order valence-corrected chi connectivity index (χ2v) is 9.78. The Labute approximate surface area is 226 Å². The van der Waals surface area contributed by atoms with Gasteiger partial charge in [-0.25, -0.2) is 0 Å². The van der Waals surface area contributed by atoms with Crippen LogP contribution in [0.2, 0.25) is 0 Å². The third-order valence-electron chi connectivity index (χ3n) is 7.16. The van der Waals surface area contributed by atoms with E-state index in [2.05, 4.69) is 22.8 Å². The lowest BCUT2D eigenvalue weighted by molar-refractivity contribution is -0.118. The number of amides is 2. The first-order chi connectivity index (χ1) is 18.4. The number of hydrogen-bond acceptors (Lipinski definition) is 2. The second-order valence-electron chi connectivity index (χ2n) is 9.78. The molecule has 0 radical (unpaired) electrons. The third-order valence-corrected chi connectivity index (χ3v) is 7.16. The quantitative estimate of drug-likeness (QED) is 0.241. The van der Waals surface area contributed by atoms with E-state index in [1.165, 1.54) is 0 Å². The van der Waals surface area contributed by atoms with Gasteiger partial charge in [0.15, 0.2) is 0 Å². The number of hydrogen-bond donors (Lipinski definition) is 2. The van der Waals surface area contributed by atoms with Crippen LogP contribution in [0, 0.1) is 13.8 Å². The van der Waals surface area contributed by atoms with E-state index in [4.69, 9.17) is 0 Å². The van der Waals surface area contributed by atoms with Crippen LogP contribution in [0.15, 0.2) is 97.1 Å². The van der Waals surface area contributed by atoms with Crippen LogP contribution < -0.4 is 10.6 Å². The highest BCUT2D eigenvalue weighted by Gasteiger charge is 2.20. The van der Waals surface area contributed by atoms with Crippen molar-refractivity contribution in [1.82, 2.24) is 0 Å². The number of aryl methyl sites for hydroxylation is 2. The number of nitrogens with one attached hydrogen (secondary N) is 2. The summed E-state index contributed by atoms with van der Waals surface area (Å²) in [6.45, 7) is 8.09. The van der Waals surface area contributed by atoms with Gasteiger partial charge in [-0.15, -0.1) is 0 Å². The minimum atomic E-state index is -0.185. The van der Waals surface area contributed by atoms with E-state index >= 15 is 0 Å². The summed E-state index contributed by atoms with van der Waals surface area (Å²) in [5.41, 5.74) is 7.82. The van der Waals surface area contributed by atoms with E-state index in [0.29, 0.717) is 0 Å². The Morgan fingerprint density at radius 1 is 0.579 bits per heavy atom. The van der Waals surface area contributed by atoms with E-state index in [9.17, 15) is 9.59 Å². The zero-order valence-electron chi connectivity index (χ0n) is 22.6. The summed E-state index contributed by atoms with van der Waals surface area (Å²) in [6.07, 6.45) is 1.47. The lowest BCUT2D eigenvalue weighted by Gasteiger charge is -2.18. The lowest BCUT2D eigenvalue weighted by atomic mass is 9.95. The molecule has 0 spiro atoms. The Morgan fingerprint density at radius 3 is 1.26 bits per heavy atom. The molecule has 2 amide bonds. The number of carbonyl (C=O) groups is 2. The largest absolute Gasteiger partial charge is 0.325 e. The molecule has 0 saturated carbocycles. The van der Waals surface area contributed by atoms with E-state index in [1.54, 1.807) is 0 Å². The van der Waals surface area contributed by atoms with Gasteiger partial charge in [0.25, 0.3) is 0 Å². The SMILES string of the molecule is CCC(C(=O)Nc1ccc(-c2ccc(NC(=O)C(CC)c3ccccc3)c(C)c2)cc1C)c1ccccc1. The molecule has 4 aromatic rings. The van der Waals surface area contributed by atoms with Crippen molar-refractivity contribution < 1.29 is 9.59 Å². The molecule has 194 valence electrons. The molecule has 2 unspecified atom stereocenters. The zero-order valence-corrected chi connectivity index (χ0v) is 22.6. The van der Waals surface area contributed by atoms with Crippen molar-refractivity contribution >= 4 is 23.2 Å². The molecule has 0 saturated heterocycles. The van der Waals surface area contributed by atoms with Gasteiger partial charge in [-0.05, 0) is 84.3 Å². The number of benzene rings is 4. The third kappa shape index (κ3) is 6.20. The first-order valence-electron chi connectivity index (χ1n) is 13.3. The monoisotopic (exact) mass is 504 g/mol. The molecule has 0 heterocycles. The van der Waals surface area contributed by atoms with Crippen molar-refractivity contribution in [3.05, 3.63) is 119 Å². The highest BCUT2D eigenvalue weighted by molar-refractivity contribution is 5.97. The lowest BCUT2D eigenvalue weighted by Crippen LogP contribution is -2.21. The molecule has 4 heteroatoms. The Bertz CT molecular complexity index is 1290. The Kier molecular flexibility index (Phi) is 8.75. The first kappa shape index (κ1) is 26.9. The maximum Gasteiger partial charge on any atom is 0.231 e. The van der Waals surface area contributed by atoms with Crippen molar-refractivity contribution in [2.24, 2.45) is 0 Å². The molecule has 0 aliphatic rings. The fourth-order valence-corrected chi connectivity index (χ4v) is 4.92. The van der Waals surface area contributed by atoms with Gasteiger partial charge >= 0.3 is 0 Å². The maximum atomic E-state index is 13.0. The van der Waals surface area contributed by atoms with E-state index in [1.807, 2.05) is 113 Å². The zero-order chi connectivity index (χ0) is 27.1. The Morgan fingerprint density at radius 2 is 0.947 bits per heavy atom. The normalized spacial score (nSPS) is 12.4. The molecular formula is C34H36N2O2. The summed E-state index contributed by atoms with van der Waals surface area (Å²) in [5, 5.41) is 6.25. The van der Waals surface area contributed by atoms with Crippen molar-refractivity contribution in [3.63, 3.8) is 0 Å². The van der Waals surface area contributed by atoms with Gasteiger partial charge in [-0.3, -0.25) is 9.59 Å². The molecule has 4 rings (SSSR count). The highest BCUT2D eigenvalue weighted by atomic mass is 16.2. The molecule has 38 heavy (non-hydrogen) atoms. The molecule has 0 fully saturated rings. The number of rotatable bonds is 9. The van der Waals surface area contributed by atoms with Crippen molar-refractivity contribution in [2.75, 3.05) is 10.6 Å². The Hall–Kier alpha value is -4.18. The van der Waals surface area contributed by atoms with Crippen LogP contribution in [-0.2, 0) is 9.59 Å². The average molecular weight is 505 g/mol. The van der Waals surface area contributed by atoms with Crippen LogP contribution in [0.4, 0.5) is 11.4 Å². The molecule has 0 aliphatic heterocycles. The van der Waals surface area contributed by atoms with E-state index in [0.717, 1.165) is 57.6 Å². The summed E-state index contributed by atoms with van der Waals surface area (Å²) < 4.78 is 0. The van der Waals surface area contributed by atoms with Gasteiger partial charge in [-0.2, -0.15) is 0 Å². The number of carbonyl (C=O) groups excluding carboxylic acids is 2. The first-order valence-corrected chi connectivity index (χ1v) is 13.3. The summed E-state index contributed by atoms with van der Waals surface area (Å²) in [6, 6.07) is 32.0. The summed E-state index contributed by atoms with van der Waals surface area (Å²) in [4.78, 5) is 26.1. The standard InChI is InChI=1S/C34H36N2O2/c1-5-29(25-13-9-7-10-14-25)33(37)35-31-19-17-27(21-23(31)3)28-18-20-32(24(4)22-28)36-34(38)30(6-2)26-15-11-8-12-16-26/h7-22,29-30H,5-6H2,1-4H3,(H,35,37)(H,36,38). The van der Waals surface area contributed by atoms with Crippen molar-refractivity contribution in [2.45, 2.75) is 52.4 Å². The van der Waals surface area contributed by atoms with E-state index in [-0.39, 0.29) is 23.7 Å². The second kappa shape index (κ2) is 12.4. The smallest absolute Gasteiger partial charge is 0.231 e. The van der Waals surface area contributed by atoms with Crippen molar-refractivity contribution in [1.29, 1.82) is 0 Å². The van der Waals surface area contributed by atoms with Crippen LogP contribution in [-0.4, -0.2) is 11.8 Å². The van der Waals surface area contributed by atoms with Crippen molar-refractivity contribution in [3.8, 4) is 11.1 Å². The highest BCUT2D eigenvalue weighted by Crippen LogP contribution is 2.30. The molecule has 0 aromatic heterocycles. The molecular weight excluding hydrogens is 468 g/mol. The molecule has 4 aromatic carbocycles. The summed E-state index contributed by atoms with van der Waals surface area (Å²) in [7, 11) is 0. The molecule has 4 nitrogen and oxygen atoms in total. The summed E-state index contributed by atoms with van der Waals surface area (Å²) in [5.74, 6) is -0.359. The molecule has 2 N–H and O–H groups in total. The fourth-order valence-electron chi connectivity index (χ4n) is 4.92. The van der Waals surface area contributed by atoms with Gasteiger partial charge in [-0.1, -0.05) is 86.6 Å². The van der Waals surface area contributed by atoms with Crippen LogP contribution in [0.3, 0.4) is 0 Å². The molecule has 0 aliphatic carbocycles. The van der Waals surface area contributed by atoms with Gasteiger partial charge in [0.05, 0.1) is 11.8 Å². The predicted octanol–water partition coefficient (Wildman–Crippen LogP) is 8.24. The minimum absolute atomic E-state index is 0.00590. The topological polar surface area (TPSA) is 58.2 Å². The van der Waals surface area contributed by atoms with Crippen LogP contribution in [0.25, 0.3) is 11.1 Å². The Balaban J connectivity index is 1.47. The summed E-state index contributed by atoms with van der Waals surface area (Å²) >= 11 is 0. The molecule has 2 atom stereocenters. The van der Waals surface area contributed by atoms with Gasteiger partial charge < -0.3 is 10.6 Å². The minimum Gasteiger partial charge on any atom is -0.325 e. The predicted molar refractivity (Wildman–Crippen MR) is 158 cm³/mol. The fraction of sp³-hybridized carbons (Fsp3) is 0.235. The van der Waals surface area contributed by atoms with Crippen LogP contribution >= 0.6 is 0 Å². The van der Waals surface area contributed by atoms with Crippen LogP contribution in [0.5, 0.6) is 0 Å².